The van der Waals surface area contributed by atoms with E-state index in [1.807, 2.05) is 13.0 Å². The minimum Gasteiger partial charge on any atom is -0.272 e. The fourth-order valence-corrected chi connectivity index (χ4v) is 4.34. The lowest BCUT2D eigenvalue weighted by Crippen LogP contribution is -2.49. The van der Waals surface area contributed by atoms with E-state index in [2.05, 4.69) is 0 Å². The normalized spacial score (nSPS) is 20.1. The van der Waals surface area contributed by atoms with Crippen molar-refractivity contribution >= 4 is 35.0 Å². The molecule has 0 spiro atoms. The predicted molar refractivity (Wildman–Crippen MR) is 116 cm³/mol. The zero-order chi connectivity index (χ0) is 23.0. The average molecular weight is 454 g/mol. The monoisotopic (exact) mass is 453 g/mol. The molecule has 0 radical (unpaired) electrons. The Morgan fingerprint density at radius 2 is 1.78 bits per heavy atom. The van der Waals surface area contributed by atoms with Gasteiger partial charge in [-0.1, -0.05) is 41.4 Å². The zero-order valence-corrected chi connectivity index (χ0v) is 18.0. The third kappa shape index (κ3) is 3.89. The zero-order valence-electron chi connectivity index (χ0n) is 17.2. The van der Waals surface area contributed by atoms with Gasteiger partial charge in [0.1, 0.15) is 0 Å². The van der Waals surface area contributed by atoms with Crippen molar-refractivity contribution in [2.45, 2.75) is 26.3 Å². The fourth-order valence-electron chi connectivity index (χ4n) is 4.22. The predicted octanol–water partition coefficient (Wildman–Crippen LogP) is 4.15. The molecule has 8 nitrogen and oxygen atoms in total. The van der Waals surface area contributed by atoms with Gasteiger partial charge in [0.05, 0.1) is 28.9 Å². The van der Waals surface area contributed by atoms with E-state index in [0.29, 0.717) is 17.9 Å². The van der Waals surface area contributed by atoms with Crippen LogP contribution in [-0.2, 0) is 16.1 Å². The summed E-state index contributed by atoms with van der Waals surface area (Å²) >= 11 is 5.93. The summed E-state index contributed by atoms with van der Waals surface area (Å²) in [5, 5.41) is 13.8. The summed E-state index contributed by atoms with van der Waals surface area (Å²) in [5.41, 5.74) is 1.24. The number of allylic oxidation sites excluding steroid dienone is 2. The molecule has 1 saturated heterocycles. The molecule has 9 heteroatoms. The molecule has 2 aromatic carbocycles. The number of halogens is 1. The van der Waals surface area contributed by atoms with Gasteiger partial charge < -0.3 is 0 Å². The molecule has 2 atom stereocenters. The van der Waals surface area contributed by atoms with Gasteiger partial charge in [-0.15, -0.1) is 0 Å². The number of fused-ring (bicyclic) bond motifs is 1. The number of hydrogen-bond acceptors (Lipinski definition) is 5. The molecule has 164 valence electrons. The molecule has 0 bridgehead atoms. The topological polar surface area (TPSA) is 101 Å². The molecule has 0 unspecified atom stereocenters. The Bertz CT molecular complexity index is 1140. The van der Waals surface area contributed by atoms with E-state index < -0.39 is 34.5 Å². The Kier molecular flexibility index (Phi) is 5.80. The van der Waals surface area contributed by atoms with Gasteiger partial charge in [0.25, 0.3) is 23.4 Å². The van der Waals surface area contributed by atoms with E-state index in [4.69, 9.17) is 11.6 Å². The van der Waals surface area contributed by atoms with Crippen molar-refractivity contribution in [2.24, 2.45) is 11.8 Å². The van der Waals surface area contributed by atoms with Crippen molar-refractivity contribution < 1.29 is 19.3 Å². The molecule has 0 aromatic heterocycles. The summed E-state index contributed by atoms with van der Waals surface area (Å²) in [4.78, 5) is 50.9. The van der Waals surface area contributed by atoms with Crippen molar-refractivity contribution in [1.82, 2.24) is 10.0 Å². The van der Waals surface area contributed by atoms with Crippen LogP contribution in [0.25, 0.3) is 0 Å². The van der Waals surface area contributed by atoms with E-state index in [1.54, 1.807) is 6.07 Å². The second-order valence-electron chi connectivity index (χ2n) is 7.95. The van der Waals surface area contributed by atoms with Crippen LogP contribution in [0.2, 0.25) is 5.02 Å². The number of carbonyl (C=O) groups is 3. The summed E-state index contributed by atoms with van der Waals surface area (Å²) < 4.78 is 0. The maximum Gasteiger partial charge on any atom is 0.274 e. The van der Waals surface area contributed by atoms with Gasteiger partial charge in [0, 0.05) is 16.7 Å². The highest BCUT2D eigenvalue weighted by Gasteiger charge is 2.51. The van der Waals surface area contributed by atoms with Gasteiger partial charge in [-0.3, -0.25) is 24.5 Å². The molecule has 1 aliphatic heterocycles. The third-order valence-electron chi connectivity index (χ3n) is 5.88. The van der Waals surface area contributed by atoms with Crippen molar-refractivity contribution in [3.05, 3.63) is 86.4 Å². The summed E-state index contributed by atoms with van der Waals surface area (Å²) in [5.74, 6) is -2.64. The molecule has 0 saturated carbocycles. The first-order valence-corrected chi connectivity index (χ1v) is 10.5. The summed E-state index contributed by atoms with van der Waals surface area (Å²) in [6.45, 7) is 1.60. The van der Waals surface area contributed by atoms with Crippen molar-refractivity contribution in [1.29, 1.82) is 0 Å². The summed E-state index contributed by atoms with van der Waals surface area (Å²) in [7, 11) is 0. The highest BCUT2D eigenvalue weighted by Crippen LogP contribution is 2.39. The van der Waals surface area contributed by atoms with Crippen LogP contribution in [0.15, 0.2) is 60.2 Å². The standard InChI is InChI=1S/C23H20ClN3O5/c1-14-6-11-18-19(12-14)23(30)26(22(18)29)25(21(28)15-7-9-17(24)10-8-15)13-16-4-2-3-5-20(16)27(31)32/h2-10,18-19H,11-13H2,1H3/t18-,19+/m0/s1. The molecule has 2 aliphatic rings. The summed E-state index contributed by atoms with van der Waals surface area (Å²) in [6.07, 6.45) is 2.80. The van der Waals surface area contributed by atoms with Crippen molar-refractivity contribution in [3.63, 3.8) is 0 Å². The van der Waals surface area contributed by atoms with Crippen LogP contribution in [0.5, 0.6) is 0 Å². The number of nitro benzene ring substituents is 1. The minimum atomic E-state index is -0.621. The van der Waals surface area contributed by atoms with Gasteiger partial charge >= 0.3 is 0 Å². The number of rotatable bonds is 5. The number of para-hydroxylation sites is 1. The Morgan fingerprint density at radius 3 is 2.47 bits per heavy atom. The maximum atomic E-state index is 13.4. The van der Waals surface area contributed by atoms with Crippen LogP contribution in [0.1, 0.15) is 35.7 Å². The molecule has 3 amide bonds. The van der Waals surface area contributed by atoms with Crippen molar-refractivity contribution in [2.75, 3.05) is 0 Å². The second kappa shape index (κ2) is 8.55. The minimum absolute atomic E-state index is 0.199. The highest BCUT2D eigenvalue weighted by molar-refractivity contribution is 6.30. The number of amides is 3. The lowest BCUT2D eigenvalue weighted by atomic mass is 9.82. The van der Waals surface area contributed by atoms with E-state index in [0.717, 1.165) is 15.6 Å². The van der Waals surface area contributed by atoms with Gasteiger partial charge in [-0.2, -0.15) is 5.01 Å². The van der Waals surface area contributed by atoms with E-state index in [9.17, 15) is 24.5 Å². The molecule has 1 heterocycles. The molecule has 32 heavy (non-hydrogen) atoms. The molecule has 2 aromatic rings. The van der Waals surface area contributed by atoms with E-state index in [-0.39, 0.29) is 23.4 Å². The van der Waals surface area contributed by atoms with Crippen molar-refractivity contribution in [3.8, 4) is 0 Å². The van der Waals surface area contributed by atoms with Crippen LogP contribution >= 0.6 is 11.6 Å². The Morgan fingerprint density at radius 1 is 1.12 bits per heavy atom. The summed E-state index contributed by atoms with van der Waals surface area (Å²) in [6, 6.07) is 12.0. The Hall–Kier alpha value is -3.52. The molecular formula is C23H20ClN3O5. The highest BCUT2D eigenvalue weighted by atomic mass is 35.5. The van der Waals surface area contributed by atoms with E-state index >= 15 is 0 Å². The molecule has 1 aliphatic carbocycles. The van der Waals surface area contributed by atoms with Gasteiger partial charge in [-0.25, -0.2) is 5.01 Å². The lowest BCUT2D eigenvalue weighted by Gasteiger charge is -2.30. The van der Waals surface area contributed by atoms with E-state index in [1.165, 1.54) is 42.5 Å². The van der Waals surface area contributed by atoms with Crippen LogP contribution in [0.4, 0.5) is 5.69 Å². The molecule has 4 rings (SSSR count). The van der Waals surface area contributed by atoms with Crippen LogP contribution in [0.3, 0.4) is 0 Å². The van der Waals surface area contributed by atoms with Crippen LogP contribution in [0, 0.1) is 22.0 Å². The fraction of sp³-hybridized carbons (Fsp3) is 0.261. The first-order chi connectivity index (χ1) is 15.3. The number of nitrogens with zero attached hydrogens (tertiary/aromatic N) is 3. The van der Waals surface area contributed by atoms with Gasteiger partial charge in [0.2, 0.25) is 0 Å². The first-order valence-electron chi connectivity index (χ1n) is 10.1. The van der Waals surface area contributed by atoms with Crippen LogP contribution < -0.4 is 0 Å². The quantitative estimate of drug-likeness (QED) is 0.293. The SMILES string of the molecule is CC1=CC[C@@H]2C(=O)N(N(Cc3ccccc3[N+](=O)[O-])C(=O)c3ccc(Cl)cc3)C(=O)[C@@H]2C1. The number of hydrazine groups is 1. The first kappa shape index (κ1) is 21.7. The Balaban J connectivity index is 1.75. The number of hydrogen-bond donors (Lipinski definition) is 0. The third-order valence-corrected chi connectivity index (χ3v) is 6.13. The number of imide groups is 1. The second-order valence-corrected chi connectivity index (χ2v) is 8.38. The number of nitro groups is 1. The Labute approximate surface area is 189 Å². The average Bonchev–Trinajstić information content (AvgIpc) is 3.01. The number of benzene rings is 2. The lowest BCUT2D eigenvalue weighted by molar-refractivity contribution is -0.385. The van der Waals surface area contributed by atoms with Gasteiger partial charge in [-0.05, 0) is 44.0 Å². The van der Waals surface area contributed by atoms with Gasteiger partial charge in [0.15, 0.2) is 0 Å². The number of carbonyl (C=O) groups excluding carboxylic acids is 3. The molecule has 1 fully saturated rings. The largest absolute Gasteiger partial charge is 0.274 e. The molecular weight excluding hydrogens is 434 g/mol. The van der Waals surface area contributed by atoms with Crippen LogP contribution in [-0.4, -0.2) is 32.7 Å². The molecule has 0 N–H and O–H groups in total. The maximum absolute atomic E-state index is 13.4. The smallest absolute Gasteiger partial charge is 0.272 e.